The first-order valence-electron chi connectivity index (χ1n) is 14.1. The molecule has 1 amide bonds. The molecular formula is C30H32FN7O3S. The molecule has 0 spiro atoms. The van der Waals surface area contributed by atoms with E-state index >= 15 is 4.39 Å². The minimum atomic E-state index is -0.326. The Morgan fingerprint density at radius 2 is 2.02 bits per heavy atom. The number of esters is 1. The van der Waals surface area contributed by atoms with Gasteiger partial charge in [0.15, 0.2) is 0 Å². The maximum absolute atomic E-state index is 15.5. The maximum Gasteiger partial charge on any atom is 0.311 e. The Labute approximate surface area is 245 Å². The van der Waals surface area contributed by atoms with Crippen LogP contribution in [0, 0.1) is 5.82 Å². The van der Waals surface area contributed by atoms with Crippen molar-refractivity contribution in [2.75, 3.05) is 19.7 Å². The smallest absolute Gasteiger partial charge is 0.311 e. The van der Waals surface area contributed by atoms with Crippen LogP contribution in [0.1, 0.15) is 42.1 Å². The van der Waals surface area contributed by atoms with Crippen LogP contribution in [0.15, 0.2) is 41.9 Å². The lowest BCUT2D eigenvalue weighted by Crippen LogP contribution is -2.28. The summed E-state index contributed by atoms with van der Waals surface area (Å²) in [7, 11) is 1.84. The number of carbonyl (C=O) groups excluding carboxylic acids is 2. The molecule has 5 aromatic rings. The van der Waals surface area contributed by atoms with Crippen molar-refractivity contribution in [3.8, 4) is 11.1 Å². The molecule has 4 heterocycles. The molecule has 0 atom stereocenters. The molecule has 10 nitrogen and oxygen atoms in total. The van der Waals surface area contributed by atoms with E-state index in [1.165, 1.54) is 17.4 Å². The van der Waals surface area contributed by atoms with E-state index in [1.807, 2.05) is 31.3 Å². The zero-order valence-corrected chi connectivity index (χ0v) is 24.3. The summed E-state index contributed by atoms with van der Waals surface area (Å²) in [6.45, 7) is 4.09. The number of amides is 1. The van der Waals surface area contributed by atoms with E-state index < -0.39 is 0 Å². The second-order valence-corrected chi connectivity index (χ2v) is 11.4. The van der Waals surface area contributed by atoms with Gasteiger partial charge in [0.05, 0.1) is 48.2 Å². The Morgan fingerprint density at radius 1 is 1.19 bits per heavy atom. The molecule has 1 aliphatic heterocycles. The molecule has 1 saturated heterocycles. The summed E-state index contributed by atoms with van der Waals surface area (Å²) in [5.74, 6) is -0.675. The van der Waals surface area contributed by atoms with E-state index in [0.717, 1.165) is 59.0 Å². The normalized spacial score (nSPS) is 14.1. The van der Waals surface area contributed by atoms with Crippen molar-refractivity contribution < 1.29 is 18.7 Å². The Balaban J connectivity index is 1.29. The molecule has 42 heavy (non-hydrogen) atoms. The van der Waals surface area contributed by atoms with Gasteiger partial charge in [-0.3, -0.25) is 19.0 Å². The zero-order valence-electron chi connectivity index (χ0n) is 23.5. The number of rotatable bonds is 9. The van der Waals surface area contributed by atoms with Crippen LogP contribution < -0.4 is 10.6 Å². The van der Waals surface area contributed by atoms with Crippen LogP contribution in [0.4, 0.5) is 4.39 Å². The van der Waals surface area contributed by atoms with E-state index in [4.69, 9.17) is 9.84 Å². The van der Waals surface area contributed by atoms with Gasteiger partial charge in [-0.25, -0.2) is 9.37 Å². The Hall–Kier alpha value is -4.16. The number of fused-ring (bicyclic) bond motifs is 2. The minimum absolute atomic E-state index is 0.00916. The summed E-state index contributed by atoms with van der Waals surface area (Å²) in [5, 5.41) is 19.7. The van der Waals surface area contributed by atoms with E-state index in [9.17, 15) is 9.59 Å². The largest absolute Gasteiger partial charge is 0.466 e. The van der Waals surface area contributed by atoms with Crippen molar-refractivity contribution in [3.05, 3.63) is 64.1 Å². The van der Waals surface area contributed by atoms with Crippen LogP contribution in [0.3, 0.4) is 0 Å². The summed E-state index contributed by atoms with van der Waals surface area (Å²) in [5.41, 5.74) is 4.38. The fourth-order valence-corrected chi connectivity index (χ4v) is 6.33. The third kappa shape index (κ3) is 5.64. The first kappa shape index (κ1) is 28.0. The van der Waals surface area contributed by atoms with Gasteiger partial charge in [0, 0.05) is 34.7 Å². The van der Waals surface area contributed by atoms with Crippen LogP contribution in [0.5, 0.6) is 0 Å². The van der Waals surface area contributed by atoms with Crippen LogP contribution in [0.25, 0.3) is 32.9 Å². The molecule has 0 saturated carbocycles. The minimum Gasteiger partial charge on any atom is -0.466 e. The van der Waals surface area contributed by atoms with Gasteiger partial charge in [0.25, 0.3) is 0 Å². The quantitative estimate of drug-likeness (QED) is 0.249. The number of halogens is 1. The number of ether oxygens (including phenoxy) is 1. The van der Waals surface area contributed by atoms with Crippen molar-refractivity contribution in [1.82, 2.24) is 35.2 Å². The number of piperidine rings is 1. The van der Waals surface area contributed by atoms with Gasteiger partial charge in [0.2, 0.25) is 5.91 Å². The van der Waals surface area contributed by atoms with Gasteiger partial charge in [-0.15, -0.1) is 11.3 Å². The summed E-state index contributed by atoms with van der Waals surface area (Å²) >= 11 is 1.38. The lowest BCUT2D eigenvalue weighted by molar-refractivity contribution is -0.142. The Bertz CT molecular complexity index is 1770. The van der Waals surface area contributed by atoms with Crippen LogP contribution in [0.2, 0.25) is 0 Å². The van der Waals surface area contributed by atoms with Gasteiger partial charge in [-0.05, 0) is 56.6 Å². The first-order valence-corrected chi connectivity index (χ1v) is 15.0. The molecule has 12 heteroatoms. The van der Waals surface area contributed by atoms with Gasteiger partial charge in [-0.1, -0.05) is 12.1 Å². The first-order chi connectivity index (χ1) is 20.4. The van der Waals surface area contributed by atoms with Crippen molar-refractivity contribution in [3.63, 3.8) is 0 Å². The van der Waals surface area contributed by atoms with Gasteiger partial charge in [-0.2, -0.15) is 10.2 Å². The van der Waals surface area contributed by atoms with Crippen molar-refractivity contribution in [1.29, 1.82) is 0 Å². The summed E-state index contributed by atoms with van der Waals surface area (Å²) in [6.07, 6.45) is 3.59. The molecule has 0 aliphatic carbocycles. The maximum atomic E-state index is 15.5. The number of hydrogen-bond donors (Lipinski definition) is 2. The number of aromatic nitrogens is 5. The highest BCUT2D eigenvalue weighted by Crippen LogP contribution is 2.39. The van der Waals surface area contributed by atoms with Crippen LogP contribution in [-0.2, 0) is 40.9 Å². The predicted molar refractivity (Wildman–Crippen MR) is 159 cm³/mol. The third-order valence-electron chi connectivity index (χ3n) is 7.62. The van der Waals surface area contributed by atoms with Crippen LogP contribution >= 0.6 is 11.3 Å². The molecule has 2 N–H and O–H groups in total. The Kier molecular flexibility index (Phi) is 7.98. The third-order valence-corrected chi connectivity index (χ3v) is 8.51. The summed E-state index contributed by atoms with van der Waals surface area (Å²) in [4.78, 5) is 29.3. The van der Waals surface area contributed by atoms with E-state index in [-0.39, 0.29) is 43.1 Å². The molecule has 2 aromatic carbocycles. The molecule has 218 valence electrons. The van der Waals surface area contributed by atoms with Gasteiger partial charge >= 0.3 is 5.97 Å². The number of carbonyl (C=O) groups is 2. The van der Waals surface area contributed by atoms with Crippen molar-refractivity contribution in [2.24, 2.45) is 7.05 Å². The van der Waals surface area contributed by atoms with Crippen molar-refractivity contribution >= 4 is 45.0 Å². The van der Waals surface area contributed by atoms with Crippen LogP contribution in [-0.4, -0.2) is 56.1 Å². The number of aryl methyl sites for hydroxylation is 1. The number of thiazole rings is 1. The predicted octanol–water partition coefficient (Wildman–Crippen LogP) is 4.07. The number of nitrogens with one attached hydrogen (secondary N) is 2. The number of nitrogens with zero attached hydrogens (tertiary/aromatic N) is 5. The number of hydrogen-bond acceptors (Lipinski definition) is 8. The van der Waals surface area contributed by atoms with E-state index in [1.54, 1.807) is 27.9 Å². The standard InChI is InChI=1S/C30H32FN7O3S/c1-3-41-28(40)12-20-17-42-27(35-20)15-33-26(39)16-38-24-6-4-5-21(29(24)30(36-38)18-7-9-32-10-8-18)22-13-25-19(11-23(22)31)14-34-37(25)2/h4-6,11,13-14,17-18,32H,3,7-10,12,15-16H2,1-2H3,(H,33,39). The topological polar surface area (TPSA) is 116 Å². The summed E-state index contributed by atoms with van der Waals surface area (Å²) in [6, 6.07) is 9.11. The highest BCUT2D eigenvalue weighted by atomic mass is 32.1. The highest BCUT2D eigenvalue weighted by molar-refractivity contribution is 7.09. The number of benzene rings is 2. The zero-order chi connectivity index (χ0) is 29.2. The molecule has 0 unspecified atom stereocenters. The molecule has 1 fully saturated rings. The molecule has 1 aliphatic rings. The molecule has 0 radical (unpaired) electrons. The average molecular weight is 590 g/mol. The fraction of sp³-hybridized carbons (Fsp3) is 0.367. The van der Waals surface area contributed by atoms with Gasteiger partial charge in [0.1, 0.15) is 17.4 Å². The Morgan fingerprint density at radius 3 is 2.83 bits per heavy atom. The summed E-state index contributed by atoms with van der Waals surface area (Å²) < 4.78 is 24.0. The second-order valence-electron chi connectivity index (χ2n) is 10.4. The highest BCUT2D eigenvalue weighted by Gasteiger charge is 2.26. The van der Waals surface area contributed by atoms with Gasteiger partial charge < -0.3 is 15.4 Å². The average Bonchev–Trinajstić information content (AvgIpc) is 3.69. The SMILES string of the molecule is CCOC(=O)Cc1csc(CNC(=O)Cn2nc(C3CCNCC3)c3c(-c4cc5c(cnn5C)cc4F)cccc32)n1. The molecule has 6 rings (SSSR count). The fourth-order valence-electron chi connectivity index (χ4n) is 5.60. The monoisotopic (exact) mass is 589 g/mol. The lowest BCUT2D eigenvalue weighted by atomic mass is 9.89. The molecule has 0 bridgehead atoms. The molecule has 3 aromatic heterocycles. The second kappa shape index (κ2) is 12.0. The molecular weight excluding hydrogens is 557 g/mol. The lowest BCUT2D eigenvalue weighted by Gasteiger charge is -2.21. The van der Waals surface area contributed by atoms with E-state index in [0.29, 0.717) is 22.9 Å². The van der Waals surface area contributed by atoms with E-state index in [2.05, 4.69) is 20.7 Å². The van der Waals surface area contributed by atoms with Crippen molar-refractivity contribution in [2.45, 2.75) is 45.2 Å².